The lowest BCUT2D eigenvalue weighted by atomic mass is 10.1. The number of anilines is 1. The van der Waals surface area contributed by atoms with Crippen LogP contribution in [0.5, 0.6) is 0 Å². The van der Waals surface area contributed by atoms with Gasteiger partial charge in [-0.05, 0) is 37.3 Å². The summed E-state index contributed by atoms with van der Waals surface area (Å²) in [7, 11) is 0. The third-order valence-electron chi connectivity index (χ3n) is 2.97. The summed E-state index contributed by atoms with van der Waals surface area (Å²) in [5.74, 6) is 5.06. The summed E-state index contributed by atoms with van der Waals surface area (Å²) in [5.41, 5.74) is 0.400. The molecule has 0 radical (unpaired) electrons. The highest BCUT2D eigenvalue weighted by Crippen LogP contribution is 2.31. The Balaban J connectivity index is 2.29. The average Bonchev–Trinajstić information content (AvgIpc) is 2.46. The van der Waals surface area contributed by atoms with Gasteiger partial charge in [0.25, 0.3) is 5.91 Å². The van der Waals surface area contributed by atoms with Crippen molar-refractivity contribution in [1.29, 1.82) is 0 Å². The summed E-state index contributed by atoms with van der Waals surface area (Å²) in [6.07, 6.45) is -4.48. The summed E-state index contributed by atoms with van der Waals surface area (Å²) in [5, 5.41) is 0.708. The monoisotopic (exact) mass is 294 g/mol. The molecule has 0 aromatic heterocycles. The Kier molecular flexibility index (Phi) is 3.99. The number of hydrogen-bond acceptors (Lipinski definition) is 2. The number of hydrazine groups is 1. The molecule has 110 valence electrons. The van der Waals surface area contributed by atoms with Crippen LogP contribution >= 0.6 is 0 Å². The molecule has 2 aromatic carbocycles. The first-order chi connectivity index (χ1) is 9.79. The van der Waals surface area contributed by atoms with Crippen molar-refractivity contribution < 1.29 is 18.0 Å². The third kappa shape index (κ3) is 3.41. The number of nitrogens with zero attached hydrogens (tertiary/aromatic N) is 1. The van der Waals surface area contributed by atoms with Crippen LogP contribution in [0, 0.1) is 6.92 Å². The van der Waals surface area contributed by atoms with E-state index < -0.39 is 17.6 Å². The van der Waals surface area contributed by atoms with Gasteiger partial charge >= 0.3 is 6.18 Å². The largest absolute Gasteiger partial charge is 0.416 e. The molecule has 0 atom stereocenters. The lowest BCUT2D eigenvalue weighted by molar-refractivity contribution is -0.137. The first kappa shape index (κ1) is 15.1. The van der Waals surface area contributed by atoms with Crippen molar-refractivity contribution in [3.05, 3.63) is 65.2 Å². The number of nitrogens with two attached hydrogens (primary N) is 1. The molecule has 6 heteroatoms. The first-order valence-electron chi connectivity index (χ1n) is 6.12. The van der Waals surface area contributed by atoms with E-state index in [4.69, 9.17) is 5.84 Å². The Labute approximate surface area is 119 Å². The van der Waals surface area contributed by atoms with Gasteiger partial charge in [-0.25, -0.2) is 10.9 Å². The van der Waals surface area contributed by atoms with Crippen molar-refractivity contribution in [3.8, 4) is 0 Å². The minimum atomic E-state index is -4.48. The minimum Gasteiger partial charge on any atom is -0.267 e. The van der Waals surface area contributed by atoms with Gasteiger partial charge in [-0.2, -0.15) is 13.2 Å². The third-order valence-corrected chi connectivity index (χ3v) is 2.97. The van der Waals surface area contributed by atoms with Gasteiger partial charge in [0.1, 0.15) is 0 Å². The number of aryl methyl sites for hydroxylation is 1. The summed E-state index contributed by atoms with van der Waals surface area (Å²) in [4.78, 5) is 12.1. The van der Waals surface area contributed by atoms with E-state index >= 15 is 0 Å². The number of halogens is 3. The van der Waals surface area contributed by atoms with Gasteiger partial charge in [0.05, 0.1) is 11.3 Å². The van der Waals surface area contributed by atoms with E-state index in [1.165, 1.54) is 12.1 Å². The fraction of sp³-hybridized carbons (Fsp3) is 0.133. The Bertz CT molecular complexity index is 651. The predicted octanol–water partition coefficient (Wildman–Crippen LogP) is 3.53. The Morgan fingerprint density at radius 1 is 1.10 bits per heavy atom. The van der Waals surface area contributed by atoms with E-state index in [2.05, 4.69) is 0 Å². The summed E-state index contributed by atoms with van der Waals surface area (Å²) < 4.78 is 38.0. The highest BCUT2D eigenvalue weighted by Gasteiger charge is 2.31. The normalized spacial score (nSPS) is 11.3. The molecule has 2 N–H and O–H groups in total. The van der Waals surface area contributed by atoms with Crippen LogP contribution in [0.25, 0.3) is 0 Å². The fourth-order valence-electron chi connectivity index (χ4n) is 1.78. The van der Waals surface area contributed by atoms with Crippen molar-refractivity contribution in [1.82, 2.24) is 0 Å². The second-order valence-corrected chi connectivity index (χ2v) is 4.59. The summed E-state index contributed by atoms with van der Waals surface area (Å²) in [6, 6.07) is 10.9. The van der Waals surface area contributed by atoms with Crippen LogP contribution in [-0.2, 0) is 6.18 Å². The quantitative estimate of drug-likeness (QED) is 0.523. The first-order valence-corrected chi connectivity index (χ1v) is 6.12. The molecule has 0 heterocycles. The number of carbonyl (C=O) groups is 1. The molecule has 0 fully saturated rings. The van der Waals surface area contributed by atoms with Gasteiger partial charge in [-0.15, -0.1) is 0 Å². The molecule has 0 unspecified atom stereocenters. The molecule has 0 saturated heterocycles. The Morgan fingerprint density at radius 2 is 1.71 bits per heavy atom. The van der Waals surface area contributed by atoms with Gasteiger partial charge in [-0.3, -0.25) is 4.79 Å². The zero-order valence-corrected chi connectivity index (χ0v) is 11.2. The number of carbonyl (C=O) groups excluding carboxylic acids is 1. The van der Waals surface area contributed by atoms with Crippen LogP contribution in [0.3, 0.4) is 0 Å². The maximum Gasteiger partial charge on any atom is 0.416 e. The maximum absolute atomic E-state index is 12.7. The van der Waals surface area contributed by atoms with Crippen molar-refractivity contribution in [2.75, 3.05) is 5.01 Å². The molecule has 3 nitrogen and oxygen atoms in total. The molecule has 2 rings (SSSR count). The summed E-state index contributed by atoms with van der Waals surface area (Å²) >= 11 is 0. The minimum absolute atomic E-state index is 0.0181. The molecule has 0 saturated carbocycles. The molecule has 0 aliphatic rings. The van der Waals surface area contributed by atoms with E-state index in [-0.39, 0.29) is 5.69 Å². The average molecular weight is 294 g/mol. The van der Waals surface area contributed by atoms with Gasteiger partial charge in [-0.1, -0.05) is 23.8 Å². The lowest BCUT2D eigenvalue weighted by Crippen LogP contribution is -2.37. The van der Waals surface area contributed by atoms with Crippen LogP contribution in [0.1, 0.15) is 21.5 Å². The molecule has 2 aromatic rings. The molecular formula is C15H13F3N2O. The number of rotatable bonds is 2. The van der Waals surface area contributed by atoms with E-state index in [1.54, 1.807) is 24.3 Å². The summed E-state index contributed by atoms with van der Waals surface area (Å²) in [6.45, 7) is 1.86. The maximum atomic E-state index is 12.7. The number of amides is 1. The number of hydrogen-bond donors (Lipinski definition) is 1. The SMILES string of the molecule is Cc1ccc(C(=O)N(N)c2cccc(C(F)(F)F)c2)cc1. The van der Waals surface area contributed by atoms with Gasteiger partial charge in [0.15, 0.2) is 0 Å². The Hall–Kier alpha value is -2.34. The molecular weight excluding hydrogens is 281 g/mol. The standard InChI is InChI=1S/C15H13F3N2O/c1-10-5-7-11(8-6-10)14(21)20(19)13-4-2-3-12(9-13)15(16,17)18/h2-9H,19H2,1H3. The van der Waals surface area contributed by atoms with Crippen molar-refractivity contribution in [3.63, 3.8) is 0 Å². The second kappa shape index (κ2) is 5.57. The number of alkyl halides is 3. The second-order valence-electron chi connectivity index (χ2n) is 4.59. The van der Waals surface area contributed by atoms with Crippen LogP contribution < -0.4 is 10.9 Å². The smallest absolute Gasteiger partial charge is 0.267 e. The molecule has 0 spiro atoms. The fourth-order valence-corrected chi connectivity index (χ4v) is 1.78. The molecule has 21 heavy (non-hydrogen) atoms. The van der Waals surface area contributed by atoms with Crippen molar-refractivity contribution in [2.24, 2.45) is 5.84 Å². The van der Waals surface area contributed by atoms with Gasteiger partial charge in [0, 0.05) is 5.56 Å². The van der Waals surface area contributed by atoms with Crippen molar-refractivity contribution >= 4 is 11.6 Å². The number of benzene rings is 2. The van der Waals surface area contributed by atoms with E-state index in [0.717, 1.165) is 17.7 Å². The zero-order valence-electron chi connectivity index (χ0n) is 11.2. The molecule has 1 amide bonds. The lowest BCUT2D eigenvalue weighted by Gasteiger charge is -2.18. The molecule has 0 bridgehead atoms. The van der Waals surface area contributed by atoms with E-state index in [1.807, 2.05) is 6.92 Å². The molecule has 0 aliphatic carbocycles. The van der Waals surface area contributed by atoms with Crippen LogP contribution in [0.15, 0.2) is 48.5 Å². The van der Waals surface area contributed by atoms with E-state index in [9.17, 15) is 18.0 Å². The van der Waals surface area contributed by atoms with Gasteiger partial charge < -0.3 is 0 Å². The zero-order chi connectivity index (χ0) is 15.6. The topological polar surface area (TPSA) is 46.3 Å². The van der Waals surface area contributed by atoms with Crippen LogP contribution in [0.2, 0.25) is 0 Å². The highest BCUT2D eigenvalue weighted by molar-refractivity contribution is 6.05. The Morgan fingerprint density at radius 3 is 2.29 bits per heavy atom. The van der Waals surface area contributed by atoms with Crippen molar-refractivity contribution in [2.45, 2.75) is 13.1 Å². The van der Waals surface area contributed by atoms with Crippen LogP contribution in [-0.4, -0.2) is 5.91 Å². The van der Waals surface area contributed by atoms with Crippen LogP contribution in [0.4, 0.5) is 18.9 Å². The predicted molar refractivity (Wildman–Crippen MR) is 73.6 cm³/mol. The van der Waals surface area contributed by atoms with E-state index in [0.29, 0.717) is 10.6 Å². The highest BCUT2D eigenvalue weighted by atomic mass is 19.4. The van der Waals surface area contributed by atoms with Gasteiger partial charge in [0.2, 0.25) is 0 Å². The molecule has 0 aliphatic heterocycles.